The lowest BCUT2D eigenvalue weighted by Gasteiger charge is -2.56. The van der Waals surface area contributed by atoms with E-state index in [0.29, 0.717) is 60.1 Å². The minimum Gasteiger partial charge on any atom is -0.489 e. The van der Waals surface area contributed by atoms with E-state index in [9.17, 15) is 28.4 Å². The summed E-state index contributed by atoms with van der Waals surface area (Å²) in [6, 6.07) is 20.8. The molecule has 360 valence electrons. The normalized spacial score (nSPS) is 24.0. The van der Waals surface area contributed by atoms with Crippen LogP contribution in [0, 0.1) is 21.4 Å². The van der Waals surface area contributed by atoms with Gasteiger partial charge in [0.1, 0.15) is 23.0 Å². The second-order valence-electron chi connectivity index (χ2n) is 20.3. The standard InChI is InChI=1S/C51H61N7O8S2/c1-31(2)37-8-5-6-9-38(37)41-10-7-21-57(41)35-28-51(29-35)18-22-56(23-19-51)34-11-12-39(43(25-34)66-45-24-33-15-20-52-47(33)54-49(45)67-4)48(59)55-68(63,64)36-26-42(58(61)62)46-44(27-36)65-30-40(53-46)32-13-16-50(3,60)17-14-32/h5-6,8-9,11-12,15,20,24-27,31-32,35,40-41,53,60H,7,10,13-14,16-19,21-23,28-30H2,1-4H3,(H,52,54)(H,55,59)/t32?,40-,41+,50?/m1/s1. The van der Waals surface area contributed by atoms with Crippen molar-refractivity contribution in [3.05, 3.63) is 99.7 Å². The van der Waals surface area contributed by atoms with Crippen LogP contribution in [0.3, 0.4) is 0 Å². The fourth-order valence-electron chi connectivity index (χ4n) is 11.7. The predicted octanol–water partition coefficient (Wildman–Crippen LogP) is 9.93. The smallest absolute Gasteiger partial charge is 0.297 e. The molecule has 2 saturated heterocycles. The molecule has 2 atom stereocenters. The predicted molar refractivity (Wildman–Crippen MR) is 264 cm³/mol. The summed E-state index contributed by atoms with van der Waals surface area (Å²) in [5.41, 5.74) is 3.59. The van der Waals surface area contributed by atoms with E-state index in [1.807, 2.05) is 31.4 Å². The molecule has 0 unspecified atom stereocenters. The number of carbonyl (C=O) groups is 1. The van der Waals surface area contributed by atoms with Gasteiger partial charge in [-0.25, -0.2) is 18.1 Å². The van der Waals surface area contributed by atoms with Crippen LogP contribution in [0.25, 0.3) is 11.0 Å². The minimum absolute atomic E-state index is 0.00471. The topological polar surface area (TPSA) is 192 Å². The minimum atomic E-state index is -4.67. The van der Waals surface area contributed by atoms with Gasteiger partial charge in [0.25, 0.3) is 21.6 Å². The van der Waals surface area contributed by atoms with E-state index in [-0.39, 0.29) is 46.7 Å². The van der Waals surface area contributed by atoms with Crippen molar-refractivity contribution in [1.82, 2.24) is 19.6 Å². The summed E-state index contributed by atoms with van der Waals surface area (Å²) in [5.74, 6) is 0.184. The Morgan fingerprint density at radius 3 is 2.51 bits per heavy atom. The van der Waals surface area contributed by atoms with Gasteiger partial charge in [-0.1, -0.05) is 38.1 Å². The molecule has 3 aromatic carbocycles. The molecule has 4 N–H and O–H groups in total. The fourth-order valence-corrected chi connectivity index (χ4v) is 13.2. The van der Waals surface area contributed by atoms with Gasteiger partial charge in [-0.15, -0.1) is 11.8 Å². The number of nitro groups is 1. The summed E-state index contributed by atoms with van der Waals surface area (Å²) >= 11 is 1.38. The summed E-state index contributed by atoms with van der Waals surface area (Å²) < 4.78 is 42.9. The number of hydrogen-bond acceptors (Lipinski definition) is 13. The first-order valence-corrected chi connectivity index (χ1v) is 26.7. The average molecular weight is 964 g/mol. The number of thioether (sulfide) groups is 1. The van der Waals surface area contributed by atoms with Gasteiger partial charge in [0, 0.05) is 60.6 Å². The molecule has 2 aliphatic carbocycles. The van der Waals surface area contributed by atoms with Crippen molar-refractivity contribution in [3.63, 3.8) is 0 Å². The molecule has 1 amide bonds. The number of nitro benzene ring substituents is 1. The number of benzene rings is 3. The average Bonchev–Trinajstić information content (AvgIpc) is 3.99. The Morgan fingerprint density at radius 1 is 1.01 bits per heavy atom. The molecule has 5 aliphatic rings. The van der Waals surface area contributed by atoms with Crippen LogP contribution in [-0.2, 0) is 10.0 Å². The fraction of sp³-hybridized carbons (Fsp3) is 0.490. The number of nitrogens with one attached hydrogen (secondary N) is 3. The van der Waals surface area contributed by atoms with Gasteiger partial charge in [-0.2, -0.15) is 0 Å². The summed E-state index contributed by atoms with van der Waals surface area (Å²) in [6.07, 6.45) is 13.2. The lowest BCUT2D eigenvalue weighted by atomic mass is 9.59. The summed E-state index contributed by atoms with van der Waals surface area (Å²) in [5, 5.41) is 27.5. The van der Waals surface area contributed by atoms with Gasteiger partial charge >= 0.3 is 0 Å². The van der Waals surface area contributed by atoms with Crippen LogP contribution in [0.2, 0.25) is 0 Å². The van der Waals surface area contributed by atoms with E-state index < -0.39 is 37.0 Å². The first-order valence-electron chi connectivity index (χ1n) is 24.0. The first-order chi connectivity index (χ1) is 32.6. The third-order valence-corrected chi connectivity index (χ3v) is 17.6. The van der Waals surface area contributed by atoms with Crippen molar-refractivity contribution in [2.75, 3.05) is 42.7 Å². The number of aliphatic hydroxyl groups is 1. The molecule has 0 bridgehead atoms. The summed E-state index contributed by atoms with van der Waals surface area (Å²) in [6.45, 7) is 9.35. The van der Waals surface area contributed by atoms with E-state index in [1.165, 1.54) is 54.6 Å². The molecule has 0 radical (unpaired) electrons. The molecular weight excluding hydrogens is 903 g/mol. The number of nitrogens with zero attached hydrogens (tertiary/aromatic N) is 4. The first kappa shape index (κ1) is 46.4. The molecule has 17 heteroatoms. The number of H-pyrrole nitrogens is 1. The molecular formula is C51H61N7O8S2. The maximum atomic E-state index is 14.3. The van der Waals surface area contributed by atoms with E-state index >= 15 is 0 Å². The highest BCUT2D eigenvalue weighted by atomic mass is 32.2. The highest BCUT2D eigenvalue weighted by Gasteiger charge is 2.50. The van der Waals surface area contributed by atoms with E-state index in [1.54, 1.807) is 18.3 Å². The molecule has 10 rings (SSSR count). The molecule has 4 fully saturated rings. The number of ether oxygens (including phenoxy) is 2. The van der Waals surface area contributed by atoms with E-state index in [2.05, 4.69) is 62.9 Å². The zero-order valence-corrected chi connectivity index (χ0v) is 40.8. The number of hydrogen-bond donors (Lipinski definition) is 4. The highest BCUT2D eigenvalue weighted by Crippen LogP contribution is 2.54. The lowest BCUT2D eigenvalue weighted by Crippen LogP contribution is -2.54. The van der Waals surface area contributed by atoms with Crippen LogP contribution in [0.15, 0.2) is 82.8 Å². The number of fused-ring (bicyclic) bond motifs is 2. The number of aromatic amines is 1. The monoisotopic (exact) mass is 963 g/mol. The van der Waals surface area contributed by atoms with Gasteiger partial charge in [0.05, 0.1) is 27.0 Å². The van der Waals surface area contributed by atoms with Crippen molar-refractivity contribution in [1.29, 1.82) is 0 Å². The number of rotatable bonds is 12. The van der Waals surface area contributed by atoms with Gasteiger partial charge in [-0.05, 0) is 137 Å². The Kier molecular flexibility index (Phi) is 12.4. The Hall–Kier alpha value is -5.36. The van der Waals surface area contributed by atoms with Gasteiger partial charge in [0.2, 0.25) is 0 Å². The van der Waals surface area contributed by atoms with Crippen LogP contribution in [-0.4, -0.2) is 89.4 Å². The molecule has 15 nitrogen and oxygen atoms in total. The third kappa shape index (κ3) is 9.02. The molecule has 5 aromatic rings. The maximum absolute atomic E-state index is 14.3. The Morgan fingerprint density at radius 2 is 1.78 bits per heavy atom. The number of amides is 1. The second-order valence-corrected chi connectivity index (χ2v) is 22.8. The highest BCUT2D eigenvalue weighted by molar-refractivity contribution is 7.98. The van der Waals surface area contributed by atoms with Crippen LogP contribution in [0.4, 0.5) is 17.1 Å². The molecule has 1 spiro atoms. The van der Waals surface area contributed by atoms with Gasteiger partial charge < -0.3 is 29.8 Å². The zero-order chi connectivity index (χ0) is 47.5. The second kappa shape index (κ2) is 18.2. The van der Waals surface area contributed by atoms with Crippen LogP contribution >= 0.6 is 11.8 Å². The number of aromatic nitrogens is 2. The van der Waals surface area contributed by atoms with Crippen molar-refractivity contribution >= 4 is 55.8 Å². The summed E-state index contributed by atoms with van der Waals surface area (Å²) in [7, 11) is -4.67. The Balaban J connectivity index is 0.875. The molecule has 2 saturated carbocycles. The number of piperidine rings is 1. The molecule has 3 aliphatic heterocycles. The number of carbonyl (C=O) groups excluding carboxylic acids is 1. The number of anilines is 2. The number of pyridine rings is 1. The van der Waals surface area contributed by atoms with Crippen molar-refractivity contribution in [2.45, 2.75) is 125 Å². The van der Waals surface area contributed by atoms with E-state index in [0.717, 1.165) is 49.6 Å². The van der Waals surface area contributed by atoms with Crippen molar-refractivity contribution < 1.29 is 32.7 Å². The van der Waals surface area contributed by atoms with Crippen molar-refractivity contribution in [2.24, 2.45) is 11.3 Å². The number of likely N-dealkylation sites (tertiary alicyclic amines) is 1. The third-order valence-electron chi connectivity index (χ3n) is 15.6. The Bertz CT molecular complexity index is 2840. The van der Waals surface area contributed by atoms with Gasteiger partial charge in [0.15, 0.2) is 17.2 Å². The van der Waals surface area contributed by atoms with Crippen LogP contribution in [0.5, 0.6) is 17.2 Å². The quantitative estimate of drug-likeness (QED) is 0.0525. The molecule has 5 heterocycles. The lowest BCUT2D eigenvalue weighted by molar-refractivity contribution is -0.384. The number of sulfonamides is 1. The van der Waals surface area contributed by atoms with Crippen LogP contribution in [0.1, 0.15) is 118 Å². The molecule has 2 aromatic heterocycles. The van der Waals surface area contributed by atoms with Crippen LogP contribution < -0.4 is 24.4 Å². The Labute approximate surface area is 402 Å². The van der Waals surface area contributed by atoms with Gasteiger partial charge in [-0.3, -0.25) is 19.8 Å². The van der Waals surface area contributed by atoms with Crippen molar-refractivity contribution in [3.8, 4) is 17.2 Å². The summed E-state index contributed by atoms with van der Waals surface area (Å²) in [4.78, 5) is 38.5. The maximum Gasteiger partial charge on any atom is 0.297 e. The van der Waals surface area contributed by atoms with E-state index in [4.69, 9.17) is 14.5 Å². The molecule has 68 heavy (non-hydrogen) atoms. The largest absolute Gasteiger partial charge is 0.489 e. The zero-order valence-electron chi connectivity index (χ0n) is 39.1. The SMILES string of the molecule is CSc1nc2[nH]ccc2cc1Oc1cc(N2CCC3(CC2)CC(N2CCC[C@H]2c2ccccc2C(C)C)C3)ccc1C(=O)NS(=O)(=O)c1cc2c(c([N+](=O)[O-])c1)N[C@@H](C1CCC(C)(O)CC1)CO2.